The summed E-state index contributed by atoms with van der Waals surface area (Å²) in [5, 5.41) is 11.4. The maximum atomic E-state index is 10.5. The van der Waals surface area contributed by atoms with Gasteiger partial charge in [-0.3, -0.25) is 4.79 Å². The number of hydrogen-bond donors (Lipinski definition) is 2. The van der Waals surface area contributed by atoms with Crippen molar-refractivity contribution in [3.05, 3.63) is 41.6 Å². The highest BCUT2D eigenvalue weighted by molar-refractivity contribution is 5.72. The Morgan fingerprint density at radius 1 is 1.32 bits per heavy atom. The zero-order valence-corrected chi connectivity index (χ0v) is 10.8. The average Bonchev–Trinajstić information content (AvgIpc) is 2.39. The number of nitrogens with zero attached hydrogens (tertiary/aromatic N) is 2. The highest BCUT2D eigenvalue weighted by Gasteiger charge is 2.07. The van der Waals surface area contributed by atoms with Gasteiger partial charge in [0.05, 0.1) is 0 Å². The minimum atomic E-state index is -0.924. The SMILES string of the molecule is Cc1ccc(C)c(-c2nccc(NCC(=O)O)n2)c1. The molecule has 0 aliphatic heterocycles. The molecule has 0 bridgehead atoms. The van der Waals surface area contributed by atoms with E-state index in [1.807, 2.05) is 32.0 Å². The lowest BCUT2D eigenvalue weighted by atomic mass is 10.1. The number of aliphatic carboxylic acids is 1. The van der Waals surface area contributed by atoms with Crippen molar-refractivity contribution in [2.75, 3.05) is 11.9 Å². The summed E-state index contributed by atoms with van der Waals surface area (Å²) in [7, 11) is 0. The summed E-state index contributed by atoms with van der Waals surface area (Å²) in [6.45, 7) is 3.84. The molecular formula is C14H15N3O2. The molecule has 0 fully saturated rings. The number of aryl methyl sites for hydroxylation is 2. The van der Waals surface area contributed by atoms with Crippen molar-refractivity contribution in [3.8, 4) is 11.4 Å². The Labute approximate surface area is 111 Å². The highest BCUT2D eigenvalue weighted by atomic mass is 16.4. The first-order valence-electron chi connectivity index (χ1n) is 5.92. The molecule has 19 heavy (non-hydrogen) atoms. The Hall–Kier alpha value is -2.43. The molecule has 2 rings (SSSR count). The molecule has 2 aromatic rings. The molecule has 2 N–H and O–H groups in total. The number of hydrogen-bond acceptors (Lipinski definition) is 4. The molecule has 0 saturated carbocycles. The fourth-order valence-electron chi connectivity index (χ4n) is 1.73. The van der Waals surface area contributed by atoms with Gasteiger partial charge in [0, 0.05) is 11.8 Å². The molecule has 0 amide bonds. The van der Waals surface area contributed by atoms with Gasteiger partial charge in [0.15, 0.2) is 5.82 Å². The number of carboxylic acids is 1. The van der Waals surface area contributed by atoms with Gasteiger partial charge in [-0.15, -0.1) is 0 Å². The lowest BCUT2D eigenvalue weighted by molar-refractivity contribution is -0.134. The quantitative estimate of drug-likeness (QED) is 0.878. The molecule has 0 aliphatic rings. The second kappa shape index (κ2) is 5.48. The van der Waals surface area contributed by atoms with Gasteiger partial charge in [-0.25, -0.2) is 9.97 Å². The van der Waals surface area contributed by atoms with Gasteiger partial charge >= 0.3 is 5.97 Å². The normalized spacial score (nSPS) is 10.2. The molecule has 0 radical (unpaired) electrons. The van der Waals surface area contributed by atoms with E-state index in [1.54, 1.807) is 12.3 Å². The first kappa shape index (κ1) is 13.0. The Balaban J connectivity index is 2.32. The van der Waals surface area contributed by atoms with E-state index in [-0.39, 0.29) is 6.54 Å². The number of rotatable bonds is 4. The summed E-state index contributed by atoms with van der Waals surface area (Å²) in [5.74, 6) is 0.178. The van der Waals surface area contributed by atoms with Crippen LogP contribution in [0.1, 0.15) is 11.1 Å². The summed E-state index contributed by atoms with van der Waals surface area (Å²) in [6, 6.07) is 7.72. The highest BCUT2D eigenvalue weighted by Crippen LogP contribution is 2.21. The third-order valence-electron chi connectivity index (χ3n) is 2.71. The zero-order chi connectivity index (χ0) is 13.8. The fourth-order valence-corrected chi connectivity index (χ4v) is 1.73. The maximum absolute atomic E-state index is 10.5. The van der Waals surface area contributed by atoms with Gasteiger partial charge in [0.25, 0.3) is 0 Å². The topological polar surface area (TPSA) is 75.1 Å². The maximum Gasteiger partial charge on any atom is 0.322 e. The number of carbonyl (C=O) groups is 1. The largest absolute Gasteiger partial charge is 0.480 e. The standard InChI is InChI=1S/C14H15N3O2/c1-9-3-4-10(2)11(7-9)14-15-6-5-12(17-14)16-8-13(18)19/h3-7H,8H2,1-2H3,(H,18,19)(H,15,16,17). The smallest absolute Gasteiger partial charge is 0.322 e. The number of benzene rings is 1. The minimum Gasteiger partial charge on any atom is -0.480 e. The minimum absolute atomic E-state index is 0.163. The predicted octanol–water partition coefficient (Wildman–Crippen LogP) is 2.26. The van der Waals surface area contributed by atoms with Crippen molar-refractivity contribution < 1.29 is 9.90 Å². The summed E-state index contributed by atoms with van der Waals surface area (Å²) < 4.78 is 0. The predicted molar refractivity (Wildman–Crippen MR) is 73.1 cm³/mol. The number of nitrogens with one attached hydrogen (secondary N) is 1. The fraction of sp³-hybridized carbons (Fsp3) is 0.214. The van der Waals surface area contributed by atoms with Crippen molar-refractivity contribution in [3.63, 3.8) is 0 Å². The molecule has 5 heteroatoms. The molecule has 0 spiro atoms. The van der Waals surface area contributed by atoms with Crippen molar-refractivity contribution in [1.82, 2.24) is 9.97 Å². The molecule has 5 nitrogen and oxygen atoms in total. The molecule has 1 aromatic carbocycles. The van der Waals surface area contributed by atoms with Gasteiger partial charge in [0.1, 0.15) is 12.4 Å². The molecule has 0 aliphatic carbocycles. The lowest BCUT2D eigenvalue weighted by Crippen LogP contribution is -2.13. The van der Waals surface area contributed by atoms with E-state index in [9.17, 15) is 4.79 Å². The van der Waals surface area contributed by atoms with Crippen molar-refractivity contribution in [1.29, 1.82) is 0 Å². The number of carboxylic acid groups (broad SMARTS) is 1. The lowest BCUT2D eigenvalue weighted by Gasteiger charge is -2.08. The summed E-state index contributed by atoms with van der Waals surface area (Å²) in [5.41, 5.74) is 3.17. The Kier molecular flexibility index (Phi) is 3.75. The zero-order valence-electron chi connectivity index (χ0n) is 10.8. The van der Waals surface area contributed by atoms with E-state index in [0.717, 1.165) is 16.7 Å². The molecule has 0 atom stereocenters. The van der Waals surface area contributed by atoms with Crippen molar-refractivity contribution in [2.45, 2.75) is 13.8 Å². The first-order valence-corrected chi connectivity index (χ1v) is 5.92. The van der Waals surface area contributed by atoms with Crippen LogP contribution in [0, 0.1) is 13.8 Å². The van der Waals surface area contributed by atoms with E-state index in [1.165, 1.54) is 0 Å². The second-order valence-corrected chi connectivity index (χ2v) is 4.33. The van der Waals surface area contributed by atoms with E-state index < -0.39 is 5.97 Å². The Bertz CT molecular complexity index is 611. The first-order chi connectivity index (χ1) is 9.06. The summed E-state index contributed by atoms with van der Waals surface area (Å²) in [6.07, 6.45) is 1.62. The van der Waals surface area contributed by atoms with Gasteiger partial charge in [0.2, 0.25) is 0 Å². The average molecular weight is 257 g/mol. The summed E-state index contributed by atoms with van der Waals surface area (Å²) >= 11 is 0. The van der Waals surface area contributed by atoms with Crippen LogP contribution in [-0.2, 0) is 4.79 Å². The van der Waals surface area contributed by atoms with Gasteiger partial charge < -0.3 is 10.4 Å². The van der Waals surface area contributed by atoms with E-state index in [4.69, 9.17) is 5.11 Å². The van der Waals surface area contributed by atoms with Gasteiger partial charge in [-0.1, -0.05) is 17.7 Å². The van der Waals surface area contributed by atoms with Crippen LogP contribution in [0.2, 0.25) is 0 Å². The molecule has 0 saturated heterocycles. The van der Waals surface area contributed by atoms with Crippen LogP contribution in [-0.4, -0.2) is 27.6 Å². The Morgan fingerprint density at radius 3 is 2.84 bits per heavy atom. The van der Waals surface area contributed by atoms with Gasteiger partial charge in [-0.2, -0.15) is 0 Å². The second-order valence-electron chi connectivity index (χ2n) is 4.33. The Morgan fingerprint density at radius 2 is 2.11 bits per heavy atom. The van der Waals surface area contributed by atoms with Crippen LogP contribution in [0.25, 0.3) is 11.4 Å². The molecule has 98 valence electrons. The van der Waals surface area contributed by atoms with Crippen LogP contribution < -0.4 is 5.32 Å². The van der Waals surface area contributed by atoms with Crippen molar-refractivity contribution in [2.24, 2.45) is 0 Å². The number of aromatic nitrogens is 2. The third-order valence-corrected chi connectivity index (χ3v) is 2.71. The van der Waals surface area contributed by atoms with Crippen molar-refractivity contribution >= 4 is 11.8 Å². The van der Waals surface area contributed by atoms with Gasteiger partial charge in [-0.05, 0) is 31.5 Å². The molecule has 0 unspecified atom stereocenters. The third kappa shape index (κ3) is 3.28. The van der Waals surface area contributed by atoms with Crippen LogP contribution >= 0.6 is 0 Å². The van der Waals surface area contributed by atoms with Crippen LogP contribution in [0.4, 0.5) is 5.82 Å². The molecular weight excluding hydrogens is 242 g/mol. The monoisotopic (exact) mass is 257 g/mol. The molecule has 1 heterocycles. The summed E-state index contributed by atoms with van der Waals surface area (Å²) in [4.78, 5) is 19.1. The molecule has 1 aromatic heterocycles. The van der Waals surface area contributed by atoms with Crippen LogP contribution in [0.3, 0.4) is 0 Å². The van der Waals surface area contributed by atoms with E-state index >= 15 is 0 Å². The van der Waals surface area contributed by atoms with Crippen LogP contribution in [0.5, 0.6) is 0 Å². The number of anilines is 1. The van der Waals surface area contributed by atoms with E-state index in [0.29, 0.717) is 11.6 Å². The van der Waals surface area contributed by atoms with E-state index in [2.05, 4.69) is 15.3 Å². The van der Waals surface area contributed by atoms with Crippen LogP contribution in [0.15, 0.2) is 30.5 Å².